The van der Waals surface area contributed by atoms with E-state index in [-0.39, 0.29) is 11.9 Å². The number of hydrogen-bond acceptors (Lipinski definition) is 4. The summed E-state index contributed by atoms with van der Waals surface area (Å²) >= 11 is 12.1. The molecule has 3 rings (SSSR count). The summed E-state index contributed by atoms with van der Waals surface area (Å²) in [5.41, 5.74) is 1.32. The number of carbonyl (C=O) groups excluding carboxylic acids is 2. The molecule has 1 amide bonds. The minimum atomic E-state index is -0.519. The van der Waals surface area contributed by atoms with Gasteiger partial charge in [-0.1, -0.05) is 47.5 Å². The number of carbonyl (C=O) groups is 2. The van der Waals surface area contributed by atoms with Gasteiger partial charge in [0, 0.05) is 31.2 Å². The van der Waals surface area contributed by atoms with Gasteiger partial charge in [0.2, 0.25) is 0 Å². The Hall–Kier alpha value is -2.08. The summed E-state index contributed by atoms with van der Waals surface area (Å²) < 4.78 is 5.29. The first-order chi connectivity index (χ1) is 13.5. The summed E-state index contributed by atoms with van der Waals surface area (Å²) in [6.07, 6.45) is 0. The number of benzene rings is 2. The molecule has 0 unspecified atom stereocenters. The number of rotatable bonds is 5. The van der Waals surface area contributed by atoms with Crippen LogP contribution in [-0.2, 0) is 9.53 Å². The highest BCUT2D eigenvalue weighted by Gasteiger charge is 2.33. The molecule has 2 aromatic rings. The summed E-state index contributed by atoms with van der Waals surface area (Å²) in [4.78, 5) is 29.2. The monoisotopic (exact) mass is 420 g/mol. The molecule has 1 atom stereocenters. The Morgan fingerprint density at radius 1 is 1.00 bits per heavy atom. The van der Waals surface area contributed by atoms with Crippen molar-refractivity contribution in [1.29, 1.82) is 0 Å². The van der Waals surface area contributed by atoms with Crippen LogP contribution in [0.5, 0.6) is 0 Å². The summed E-state index contributed by atoms with van der Waals surface area (Å²) in [6, 6.07) is 13.7. The summed E-state index contributed by atoms with van der Waals surface area (Å²) in [5, 5.41) is 1.06. The molecule has 1 aliphatic heterocycles. The number of nitrogens with zero attached hydrogens (tertiary/aromatic N) is 2. The fourth-order valence-corrected chi connectivity index (χ4v) is 3.69. The van der Waals surface area contributed by atoms with Crippen LogP contribution in [0.3, 0.4) is 0 Å². The smallest absolute Gasteiger partial charge is 0.328 e. The number of halogens is 2. The van der Waals surface area contributed by atoms with E-state index in [1.165, 1.54) is 0 Å². The molecule has 0 saturated carbocycles. The van der Waals surface area contributed by atoms with Crippen molar-refractivity contribution in [1.82, 2.24) is 9.80 Å². The molecule has 2 aromatic carbocycles. The van der Waals surface area contributed by atoms with Gasteiger partial charge in [0.15, 0.2) is 0 Å². The van der Waals surface area contributed by atoms with Gasteiger partial charge in [-0.3, -0.25) is 9.69 Å². The zero-order valence-corrected chi connectivity index (χ0v) is 17.1. The van der Waals surface area contributed by atoms with Gasteiger partial charge in [-0.2, -0.15) is 0 Å². The van der Waals surface area contributed by atoms with Crippen molar-refractivity contribution in [3.63, 3.8) is 0 Å². The maximum Gasteiger partial charge on any atom is 0.328 e. The second-order valence-corrected chi connectivity index (χ2v) is 7.36. The molecule has 0 spiro atoms. The third-order valence-electron chi connectivity index (χ3n) is 4.77. The maximum atomic E-state index is 12.8. The standard InChI is InChI=1S/C21H22Cl2N2O3/c1-2-28-21(27)19(15-7-9-16(22)10-8-15)24-11-13-25(14-12-24)20(26)17-5-3-4-6-18(17)23/h3-10,19H,2,11-14H2,1H3/t19-/m1/s1. The van der Waals surface area contributed by atoms with Crippen molar-refractivity contribution in [2.75, 3.05) is 32.8 Å². The van der Waals surface area contributed by atoms with Crippen LogP contribution in [0.4, 0.5) is 0 Å². The molecule has 1 fully saturated rings. The Morgan fingerprint density at radius 3 is 2.25 bits per heavy atom. The molecule has 5 nitrogen and oxygen atoms in total. The van der Waals surface area contributed by atoms with Gasteiger partial charge >= 0.3 is 5.97 Å². The highest BCUT2D eigenvalue weighted by Crippen LogP contribution is 2.26. The van der Waals surface area contributed by atoms with Crippen LogP contribution in [0, 0.1) is 0 Å². The van der Waals surface area contributed by atoms with Gasteiger partial charge < -0.3 is 9.64 Å². The molecule has 148 valence electrons. The van der Waals surface area contributed by atoms with Crippen LogP contribution in [0.25, 0.3) is 0 Å². The maximum absolute atomic E-state index is 12.8. The molecular weight excluding hydrogens is 399 g/mol. The van der Waals surface area contributed by atoms with E-state index in [9.17, 15) is 9.59 Å². The first-order valence-corrected chi connectivity index (χ1v) is 9.96. The van der Waals surface area contributed by atoms with Crippen molar-refractivity contribution < 1.29 is 14.3 Å². The second kappa shape index (κ2) is 9.41. The SMILES string of the molecule is CCOC(=O)[C@@H](c1ccc(Cl)cc1)N1CCN(C(=O)c2ccccc2Cl)CC1. The van der Waals surface area contributed by atoms with Crippen molar-refractivity contribution in [3.05, 3.63) is 69.7 Å². The Labute approximate surface area is 174 Å². The van der Waals surface area contributed by atoms with Gasteiger partial charge in [-0.05, 0) is 36.8 Å². The molecule has 1 saturated heterocycles. The average Bonchev–Trinajstić information content (AvgIpc) is 2.70. The molecule has 1 heterocycles. The van der Waals surface area contributed by atoms with Crippen LogP contribution >= 0.6 is 23.2 Å². The molecule has 0 N–H and O–H groups in total. The van der Waals surface area contributed by atoms with E-state index in [1.807, 2.05) is 17.0 Å². The lowest BCUT2D eigenvalue weighted by atomic mass is 10.0. The minimum absolute atomic E-state index is 0.0931. The van der Waals surface area contributed by atoms with E-state index in [1.54, 1.807) is 48.2 Å². The van der Waals surface area contributed by atoms with Gasteiger partial charge in [0.25, 0.3) is 5.91 Å². The first kappa shape index (κ1) is 20.6. The van der Waals surface area contributed by atoms with Crippen molar-refractivity contribution >= 4 is 35.1 Å². The average molecular weight is 421 g/mol. The zero-order chi connectivity index (χ0) is 20.1. The molecular formula is C21H22Cl2N2O3. The lowest BCUT2D eigenvalue weighted by Crippen LogP contribution is -2.51. The van der Waals surface area contributed by atoms with Crippen LogP contribution < -0.4 is 0 Å². The topological polar surface area (TPSA) is 49.9 Å². The number of piperazine rings is 1. The minimum Gasteiger partial charge on any atom is -0.465 e. The predicted octanol–water partition coefficient (Wildman–Crippen LogP) is 4.06. The van der Waals surface area contributed by atoms with Crippen LogP contribution in [-0.4, -0.2) is 54.5 Å². The van der Waals surface area contributed by atoms with E-state index < -0.39 is 6.04 Å². The number of amides is 1. The second-order valence-electron chi connectivity index (χ2n) is 6.51. The van der Waals surface area contributed by atoms with E-state index in [2.05, 4.69) is 0 Å². The molecule has 7 heteroatoms. The summed E-state index contributed by atoms with van der Waals surface area (Å²) in [7, 11) is 0. The van der Waals surface area contributed by atoms with Crippen molar-refractivity contribution in [3.8, 4) is 0 Å². The quantitative estimate of drug-likeness (QED) is 0.684. The first-order valence-electron chi connectivity index (χ1n) is 9.21. The molecule has 1 aliphatic rings. The largest absolute Gasteiger partial charge is 0.465 e. The van der Waals surface area contributed by atoms with Crippen molar-refractivity contribution in [2.24, 2.45) is 0 Å². The van der Waals surface area contributed by atoms with Crippen LogP contribution in [0.2, 0.25) is 10.0 Å². The van der Waals surface area contributed by atoms with Gasteiger partial charge in [-0.15, -0.1) is 0 Å². The van der Waals surface area contributed by atoms with Crippen LogP contribution in [0.15, 0.2) is 48.5 Å². The van der Waals surface area contributed by atoms with E-state index in [0.29, 0.717) is 48.4 Å². The van der Waals surface area contributed by atoms with E-state index >= 15 is 0 Å². The fourth-order valence-electron chi connectivity index (χ4n) is 3.35. The molecule has 0 bridgehead atoms. The zero-order valence-electron chi connectivity index (χ0n) is 15.6. The lowest BCUT2D eigenvalue weighted by Gasteiger charge is -2.38. The lowest BCUT2D eigenvalue weighted by molar-refractivity contribution is -0.150. The molecule has 0 aliphatic carbocycles. The Balaban J connectivity index is 1.73. The Kier molecular flexibility index (Phi) is 6.94. The van der Waals surface area contributed by atoms with Crippen LogP contribution in [0.1, 0.15) is 28.9 Å². The molecule has 0 radical (unpaired) electrons. The predicted molar refractivity (Wildman–Crippen MR) is 110 cm³/mol. The Morgan fingerprint density at radius 2 is 1.64 bits per heavy atom. The fraction of sp³-hybridized carbons (Fsp3) is 0.333. The molecule has 28 heavy (non-hydrogen) atoms. The third-order valence-corrected chi connectivity index (χ3v) is 5.35. The number of ether oxygens (including phenoxy) is 1. The third kappa shape index (κ3) is 4.66. The highest BCUT2D eigenvalue weighted by molar-refractivity contribution is 6.33. The number of esters is 1. The Bertz CT molecular complexity index is 834. The number of hydrogen-bond donors (Lipinski definition) is 0. The van der Waals surface area contributed by atoms with E-state index in [4.69, 9.17) is 27.9 Å². The van der Waals surface area contributed by atoms with Gasteiger partial charge in [0.05, 0.1) is 17.2 Å². The highest BCUT2D eigenvalue weighted by atomic mass is 35.5. The van der Waals surface area contributed by atoms with Gasteiger partial charge in [0.1, 0.15) is 6.04 Å². The summed E-state index contributed by atoms with van der Waals surface area (Å²) in [6.45, 7) is 4.23. The summed E-state index contributed by atoms with van der Waals surface area (Å²) in [5.74, 6) is -0.389. The van der Waals surface area contributed by atoms with Gasteiger partial charge in [-0.25, -0.2) is 4.79 Å². The molecule has 0 aromatic heterocycles. The van der Waals surface area contributed by atoms with E-state index in [0.717, 1.165) is 5.56 Å². The van der Waals surface area contributed by atoms with Crippen molar-refractivity contribution in [2.45, 2.75) is 13.0 Å². The normalized spacial score (nSPS) is 15.9.